The fraction of sp³-hybridized carbons (Fsp3) is 0.231. The lowest BCUT2D eigenvalue weighted by Crippen LogP contribution is -2.12. The number of nitrogens with zero attached hydrogens (tertiary/aromatic N) is 5. The van der Waals surface area contributed by atoms with Gasteiger partial charge in [0.15, 0.2) is 11.6 Å². The van der Waals surface area contributed by atoms with Crippen molar-refractivity contribution in [1.82, 2.24) is 24.7 Å². The van der Waals surface area contributed by atoms with Crippen LogP contribution in [0.2, 0.25) is 0 Å². The fourth-order valence-corrected chi connectivity index (χ4v) is 1.97. The average molecular weight is 269 g/mol. The quantitative estimate of drug-likeness (QED) is 0.733. The molecule has 3 rings (SSSR count). The normalized spacial score (nSPS) is 10.8. The standard InChI is InChI=1S/C13H15N7/c1-20-8-16-19-11(20)6-7-15-13-12(14)17-9-4-2-3-5-10(9)18-13/h2-5,8H,6-7H2,1H3,(H2,14,17)(H,15,18). The predicted molar refractivity (Wildman–Crippen MR) is 77.1 cm³/mol. The molecule has 0 saturated carbocycles. The Labute approximate surface area is 115 Å². The van der Waals surface area contributed by atoms with Gasteiger partial charge in [0.2, 0.25) is 0 Å². The van der Waals surface area contributed by atoms with Crippen molar-refractivity contribution in [2.45, 2.75) is 6.42 Å². The van der Waals surface area contributed by atoms with Gasteiger partial charge in [-0.3, -0.25) is 0 Å². The van der Waals surface area contributed by atoms with Crippen LogP contribution < -0.4 is 11.1 Å². The van der Waals surface area contributed by atoms with Crippen molar-refractivity contribution in [3.8, 4) is 0 Å². The van der Waals surface area contributed by atoms with Crippen molar-refractivity contribution < 1.29 is 0 Å². The zero-order valence-electron chi connectivity index (χ0n) is 11.1. The summed E-state index contributed by atoms with van der Waals surface area (Å²) in [5.74, 6) is 1.91. The van der Waals surface area contributed by atoms with Gasteiger partial charge in [-0.05, 0) is 12.1 Å². The van der Waals surface area contributed by atoms with Gasteiger partial charge in [0.25, 0.3) is 0 Å². The SMILES string of the molecule is Cn1cnnc1CCNc1nc2ccccc2nc1N. The van der Waals surface area contributed by atoms with Crippen molar-refractivity contribution in [2.75, 3.05) is 17.6 Å². The molecule has 7 heteroatoms. The zero-order valence-corrected chi connectivity index (χ0v) is 11.1. The largest absolute Gasteiger partial charge is 0.381 e. The Hall–Kier alpha value is -2.70. The molecule has 7 nitrogen and oxygen atoms in total. The lowest BCUT2D eigenvalue weighted by molar-refractivity contribution is 0.787. The Bertz CT molecular complexity index is 734. The number of aromatic nitrogens is 5. The molecule has 2 aromatic heterocycles. The summed E-state index contributed by atoms with van der Waals surface area (Å²) in [6.45, 7) is 0.670. The highest BCUT2D eigenvalue weighted by molar-refractivity contribution is 5.79. The van der Waals surface area contributed by atoms with Gasteiger partial charge in [0.05, 0.1) is 11.0 Å². The minimum absolute atomic E-state index is 0.404. The van der Waals surface area contributed by atoms with Gasteiger partial charge in [0.1, 0.15) is 12.2 Å². The maximum absolute atomic E-state index is 5.91. The molecule has 3 N–H and O–H groups in total. The lowest BCUT2D eigenvalue weighted by atomic mass is 10.3. The summed E-state index contributed by atoms with van der Waals surface area (Å²) < 4.78 is 1.89. The highest BCUT2D eigenvalue weighted by Gasteiger charge is 2.06. The first kappa shape index (κ1) is 12.3. The Morgan fingerprint density at radius 3 is 2.65 bits per heavy atom. The van der Waals surface area contributed by atoms with E-state index in [1.165, 1.54) is 0 Å². The summed E-state index contributed by atoms with van der Waals surface area (Å²) >= 11 is 0. The van der Waals surface area contributed by atoms with E-state index < -0.39 is 0 Å². The number of nitrogen functional groups attached to an aromatic ring is 1. The summed E-state index contributed by atoms with van der Waals surface area (Å²) in [5, 5.41) is 11.1. The van der Waals surface area contributed by atoms with Crippen LogP contribution in [-0.2, 0) is 13.5 Å². The van der Waals surface area contributed by atoms with Crippen LogP contribution >= 0.6 is 0 Å². The molecule has 0 amide bonds. The molecule has 0 unspecified atom stereocenters. The van der Waals surface area contributed by atoms with E-state index in [9.17, 15) is 0 Å². The number of hydrogen-bond acceptors (Lipinski definition) is 6. The molecule has 0 aliphatic rings. The van der Waals surface area contributed by atoms with Gasteiger partial charge in [-0.2, -0.15) is 0 Å². The van der Waals surface area contributed by atoms with Crippen LogP contribution in [0.3, 0.4) is 0 Å². The maximum atomic E-state index is 5.91. The van der Waals surface area contributed by atoms with E-state index >= 15 is 0 Å². The van der Waals surface area contributed by atoms with Gasteiger partial charge < -0.3 is 15.6 Å². The summed E-state index contributed by atoms with van der Waals surface area (Å²) in [6, 6.07) is 7.64. The molecule has 0 aliphatic heterocycles. The Morgan fingerprint density at radius 2 is 1.95 bits per heavy atom. The molecule has 102 valence electrons. The van der Waals surface area contributed by atoms with Crippen LogP contribution in [0.5, 0.6) is 0 Å². The molecular formula is C13H15N7. The fourth-order valence-electron chi connectivity index (χ4n) is 1.97. The second kappa shape index (κ2) is 5.12. The topological polar surface area (TPSA) is 94.5 Å². The molecule has 1 aromatic carbocycles. The van der Waals surface area contributed by atoms with Gasteiger partial charge >= 0.3 is 0 Å². The van der Waals surface area contributed by atoms with Crippen LogP contribution in [0.1, 0.15) is 5.82 Å². The number of fused-ring (bicyclic) bond motifs is 1. The van der Waals surface area contributed by atoms with Crippen LogP contribution in [0, 0.1) is 0 Å². The number of benzene rings is 1. The summed E-state index contributed by atoms with van der Waals surface area (Å²) in [6.07, 6.45) is 2.42. The molecule has 0 spiro atoms. The Kier molecular flexibility index (Phi) is 3.16. The molecule has 2 heterocycles. The monoisotopic (exact) mass is 269 g/mol. The van der Waals surface area contributed by atoms with Crippen molar-refractivity contribution >= 4 is 22.7 Å². The van der Waals surface area contributed by atoms with E-state index in [1.807, 2.05) is 35.9 Å². The molecule has 0 saturated heterocycles. The number of rotatable bonds is 4. The minimum Gasteiger partial charge on any atom is -0.381 e. The van der Waals surface area contributed by atoms with E-state index in [1.54, 1.807) is 6.33 Å². The number of hydrogen-bond donors (Lipinski definition) is 2. The first-order valence-corrected chi connectivity index (χ1v) is 6.33. The maximum Gasteiger partial charge on any atom is 0.169 e. The van der Waals surface area contributed by atoms with Crippen LogP contribution in [0.4, 0.5) is 11.6 Å². The lowest BCUT2D eigenvalue weighted by Gasteiger charge is -2.08. The number of anilines is 2. The smallest absolute Gasteiger partial charge is 0.169 e. The van der Waals surface area contributed by atoms with Crippen molar-refractivity contribution in [1.29, 1.82) is 0 Å². The van der Waals surface area contributed by atoms with Crippen LogP contribution in [-0.4, -0.2) is 31.3 Å². The number of para-hydroxylation sites is 2. The number of aryl methyl sites for hydroxylation is 1. The van der Waals surface area contributed by atoms with Gasteiger partial charge in [-0.1, -0.05) is 12.1 Å². The van der Waals surface area contributed by atoms with Gasteiger partial charge in [0, 0.05) is 20.0 Å². The molecule has 20 heavy (non-hydrogen) atoms. The highest BCUT2D eigenvalue weighted by Crippen LogP contribution is 2.18. The van der Waals surface area contributed by atoms with Gasteiger partial charge in [-0.15, -0.1) is 10.2 Å². The molecule has 0 atom stereocenters. The Balaban J connectivity index is 1.74. The van der Waals surface area contributed by atoms with Crippen LogP contribution in [0.25, 0.3) is 11.0 Å². The molecular weight excluding hydrogens is 254 g/mol. The first-order valence-electron chi connectivity index (χ1n) is 6.33. The third-order valence-electron chi connectivity index (χ3n) is 3.04. The van der Waals surface area contributed by atoms with E-state index in [0.29, 0.717) is 18.2 Å². The minimum atomic E-state index is 0.404. The number of nitrogens with two attached hydrogens (primary N) is 1. The second-order valence-electron chi connectivity index (χ2n) is 4.48. The highest BCUT2D eigenvalue weighted by atomic mass is 15.2. The summed E-state index contributed by atoms with van der Waals surface area (Å²) in [4.78, 5) is 8.80. The number of nitrogens with one attached hydrogen (secondary N) is 1. The molecule has 0 fully saturated rings. The zero-order chi connectivity index (χ0) is 13.9. The Morgan fingerprint density at radius 1 is 1.20 bits per heavy atom. The van der Waals surface area contributed by atoms with Crippen LogP contribution in [0.15, 0.2) is 30.6 Å². The third-order valence-corrected chi connectivity index (χ3v) is 3.04. The molecule has 0 aliphatic carbocycles. The summed E-state index contributed by atoms with van der Waals surface area (Å²) in [7, 11) is 1.92. The second-order valence-corrected chi connectivity index (χ2v) is 4.48. The molecule has 0 bridgehead atoms. The van der Waals surface area contributed by atoms with Crippen molar-refractivity contribution in [2.24, 2.45) is 7.05 Å². The van der Waals surface area contributed by atoms with Gasteiger partial charge in [-0.25, -0.2) is 9.97 Å². The predicted octanol–water partition coefficient (Wildman–Crippen LogP) is 0.995. The van der Waals surface area contributed by atoms with Crippen molar-refractivity contribution in [3.05, 3.63) is 36.4 Å². The third kappa shape index (κ3) is 2.37. The summed E-state index contributed by atoms with van der Waals surface area (Å²) in [5.41, 5.74) is 7.52. The first-order chi connectivity index (χ1) is 9.74. The molecule has 3 aromatic rings. The van der Waals surface area contributed by atoms with Crippen molar-refractivity contribution in [3.63, 3.8) is 0 Å². The van der Waals surface area contributed by atoms with E-state index in [4.69, 9.17) is 5.73 Å². The van der Waals surface area contributed by atoms with E-state index in [0.717, 1.165) is 23.3 Å². The van der Waals surface area contributed by atoms with E-state index in [-0.39, 0.29) is 0 Å². The van der Waals surface area contributed by atoms with E-state index in [2.05, 4.69) is 25.5 Å². The molecule has 0 radical (unpaired) electrons. The average Bonchev–Trinajstić information content (AvgIpc) is 2.85.